The number of hydrogen-bond acceptors (Lipinski definition) is 7. The highest BCUT2D eigenvalue weighted by molar-refractivity contribution is 5.95. The summed E-state index contributed by atoms with van der Waals surface area (Å²) in [6, 6.07) is 3.95. The van der Waals surface area contributed by atoms with Crippen molar-refractivity contribution in [1.29, 1.82) is 0 Å². The van der Waals surface area contributed by atoms with E-state index < -0.39 is 18.2 Å². The number of unbranched alkanes of at least 4 members (excludes halogenated alkanes) is 2. The molecule has 9 nitrogen and oxygen atoms in total. The molecule has 1 atom stereocenters. The van der Waals surface area contributed by atoms with E-state index in [2.05, 4.69) is 83.1 Å². The number of anilines is 1. The van der Waals surface area contributed by atoms with Crippen LogP contribution in [0.25, 0.3) is 0 Å². The predicted octanol–water partition coefficient (Wildman–Crippen LogP) is 7.56. The van der Waals surface area contributed by atoms with E-state index in [9.17, 15) is 19.5 Å². The Balaban J connectivity index is 2.12. The van der Waals surface area contributed by atoms with Gasteiger partial charge in [-0.2, -0.15) is 0 Å². The molecule has 0 aliphatic heterocycles. The molecule has 242 valence electrons. The molecule has 1 rings (SSSR count). The fraction of sp³-hybridized carbons (Fsp3) is 0.457. The maximum Gasteiger partial charge on any atom is 0.411 e. The zero-order valence-electron chi connectivity index (χ0n) is 26.5. The minimum Gasteiger partial charge on any atom is -0.507 e. The van der Waals surface area contributed by atoms with Crippen LogP contribution in [0, 0.1) is 0 Å². The summed E-state index contributed by atoms with van der Waals surface area (Å²) in [6.45, 7) is 4.59. The van der Waals surface area contributed by atoms with Crippen molar-refractivity contribution in [1.82, 2.24) is 5.32 Å². The molecule has 1 aromatic carbocycles. The van der Waals surface area contributed by atoms with Crippen LogP contribution in [0.3, 0.4) is 0 Å². The number of nitrogens with one attached hydrogen (secondary N) is 2. The van der Waals surface area contributed by atoms with Gasteiger partial charge >= 0.3 is 12.1 Å². The molecule has 1 unspecified atom stereocenters. The summed E-state index contributed by atoms with van der Waals surface area (Å²) in [5.41, 5.74) is 0.162. The highest BCUT2D eigenvalue weighted by atomic mass is 16.5. The lowest BCUT2D eigenvalue weighted by molar-refractivity contribution is -0.133. The summed E-state index contributed by atoms with van der Waals surface area (Å²) in [6.07, 6.45) is 28.8. The number of benzene rings is 1. The van der Waals surface area contributed by atoms with Crippen molar-refractivity contribution in [3.8, 4) is 5.75 Å². The standard InChI is InChI=1S/C35H50N2O7/c1-4-6-7-8-9-10-11-12-13-14-15-16-17-18-19-20-21-22-26-43-32(5-2)33(39)36-25-27-44-35(41)37-29-23-24-31(38)30(28-29)34(40)42-3/h6-7,9-10,12-13,15-16,18-19,23-24,28,32,38H,4-5,8,11,14,17,20-22,25-27H2,1-3H3,(H,36,39)(H,37,41)/b7-6-,10-9-,13-12-,16-15-,19-18-. The Morgan fingerprint density at radius 3 is 2.05 bits per heavy atom. The molecule has 0 bridgehead atoms. The Morgan fingerprint density at radius 1 is 0.841 bits per heavy atom. The molecule has 0 aliphatic carbocycles. The van der Waals surface area contributed by atoms with Gasteiger partial charge in [0, 0.05) is 12.3 Å². The van der Waals surface area contributed by atoms with Crippen LogP contribution in [-0.2, 0) is 19.0 Å². The minimum atomic E-state index is -0.767. The maximum atomic E-state index is 12.4. The second-order valence-corrected chi connectivity index (χ2v) is 9.75. The number of allylic oxidation sites excluding steroid dienone is 10. The Bertz CT molecular complexity index is 1120. The lowest BCUT2D eigenvalue weighted by Crippen LogP contribution is -2.38. The zero-order valence-corrected chi connectivity index (χ0v) is 26.5. The summed E-state index contributed by atoms with van der Waals surface area (Å²) in [5, 5.41) is 14.9. The van der Waals surface area contributed by atoms with Gasteiger partial charge in [-0.1, -0.05) is 74.6 Å². The molecule has 0 heterocycles. The van der Waals surface area contributed by atoms with E-state index in [1.54, 1.807) is 0 Å². The monoisotopic (exact) mass is 610 g/mol. The fourth-order valence-corrected chi connectivity index (χ4v) is 3.81. The summed E-state index contributed by atoms with van der Waals surface area (Å²) in [5.74, 6) is -1.26. The van der Waals surface area contributed by atoms with Crippen molar-refractivity contribution in [2.45, 2.75) is 77.7 Å². The number of phenols is 1. The average Bonchev–Trinajstić information content (AvgIpc) is 3.02. The van der Waals surface area contributed by atoms with Crippen LogP contribution in [0.2, 0.25) is 0 Å². The molecule has 44 heavy (non-hydrogen) atoms. The van der Waals surface area contributed by atoms with Gasteiger partial charge in [0.05, 0.1) is 13.7 Å². The molecule has 0 fully saturated rings. The average molecular weight is 611 g/mol. The van der Waals surface area contributed by atoms with E-state index in [0.717, 1.165) is 51.4 Å². The quantitative estimate of drug-likeness (QED) is 0.0536. The first-order chi connectivity index (χ1) is 21.4. The van der Waals surface area contributed by atoms with Crippen LogP contribution in [0.4, 0.5) is 10.5 Å². The van der Waals surface area contributed by atoms with Crippen molar-refractivity contribution in [2.24, 2.45) is 0 Å². The van der Waals surface area contributed by atoms with Gasteiger partial charge in [0.25, 0.3) is 0 Å². The topological polar surface area (TPSA) is 123 Å². The number of carbonyl (C=O) groups excluding carboxylic acids is 3. The largest absolute Gasteiger partial charge is 0.507 e. The van der Waals surface area contributed by atoms with Gasteiger partial charge in [0.15, 0.2) is 0 Å². The van der Waals surface area contributed by atoms with Crippen LogP contribution >= 0.6 is 0 Å². The third-order valence-corrected chi connectivity index (χ3v) is 6.19. The third-order valence-electron chi connectivity index (χ3n) is 6.19. The number of methoxy groups -OCH3 is 1. The zero-order chi connectivity index (χ0) is 32.3. The second kappa shape index (κ2) is 25.4. The number of carbonyl (C=O) groups is 3. The van der Waals surface area contributed by atoms with Crippen LogP contribution in [0.15, 0.2) is 79.0 Å². The first kappa shape index (κ1) is 37.9. The number of ether oxygens (including phenoxy) is 3. The van der Waals surface area contributed by atoms with Crippen molar-refractivity contribution in [3.05, 3.63) is 84.5 Å². The maximum absolute atomic E-state index is 12.4. The van der Waals surface area contributed by atoms with Gasteiger partial charge in [0.1, 0.15) is 24.0 Å². The number of aromatic hydroxyl groups is 1. The molecule has 0 radical (unpaired) electrons. The van der Waals surface area contributed by atoms with Crippen molar-refractivity contribution >= 4 is 23.7 Å². The summed E-state index contributed by atoms with van der Waals surface area (Å²) < 4.78 is 15.4. The molecular weight excluding hydrogens is 560 g/mol. The highest BCUT2D eigenvalue weighted by Gasteiger charge is 2.17. The molecule has 0 saturated carbocycles. The Kier molecular flexibility index (Phi) is 21.9. The third kappa shape index (κ3) is 18.4. The molecule has 9 heteroatoms. The number of amides is 2. The number of esters is 1. The molecule has 0 spiro atoms. The van der Waals surface area contributed by atoms with Crippen LogP contribution in [-0.4, -0.2) is 56.0 Å². The summed E-state index contributed by atoms with van der Waals surface area (Å²) >= 11 is 0. The number of rotatable bonds is 22. The summed E-state index contributed by atoms with van der Waals surface area (Å²) in [4.78, 5) is 36.1. The predicted molar refractivity (Wildman–Crippen MR) is 176 cm³/mol. The van der Waals surface area contributed by atoms with Gasteiger partial charge in [-0.05, 0) is 76.0 Å². The summed E-state index contributed by atoms with van der Waals surface area (Å²) in [7, 11) is 1.19. The van der Waals surface area contributed by atoms with Gasteiger partial charge in [-0.3, -0.25) is 10.1 Å². The Morgan fingerprint density at radius 2 is 1.45 bits per heavy atom. The SMILES string of the molecule is CC/C=C\C/C=C\C/C=C\C/C=C\C/C=C\CCCCOC(CC)C(=O)NCCOC(=O)Nc1ccc(O)c(C(=O)OC)c1. The van der Waals surface area contributed by atoms with E-state index >= 15 is 0 Å². The van der Waals surface area contributed by atoms with E-state index in [1.165, 1.54) is 25.3 Å². The van der Waals surface area contributed by atoms with Gasteiger partial charge in [-0.25, -0.2) is 9.59 Å². The van der Waals surface area contributed by atoms with Crippen molar-refractivity contribution < 1.29 is 33.7 Å². The first-order valence-corrected chi connectivity index (χ1v) is 15.4. The number of phenolic OH excluding ortho intramolecular Hbond substituents is 1. The molecule has 3 N–H and O–H groups in total. The van der Waals surface area contributed by atoms with E-state index in [0.29, 0.717) is 13.0 Å². The first-order valence-electron chi connectivity index (χ1n) is 15.4. The minimum absolute atomic E-state index is 0.0524. The fourth-order valence-electron chi connectivity index (χ4n) is 3.81. The van der Waals surface area contributed by atoms with E-state index in [-0.39, 0.29) is 36.1 Å². The molecule has 2 amide bonds. The molecule has 0 aliphatic rings. The second-order valence-electron chi connectivity index (χ2n) is 9.75. The van der Waals surface area contributed by atoms with E-state index in [1.807, 2.05) is 6.92 Å². The van der Waals surface area contributed by atoms with Crippen molar-refractivity contribution in [2.75, 3.05) is 32.2 Å². The highest BCUT2D eigenvalue weighted by Crippen LogP contribution is 2.22. The van der Waals surface area contributed by atoms with E-state index in [4.69, 9.17) is 9.47 Å². The van der Waals surface area contributed by atoms with Gasteiger partial charge in [-0.15, -0.1) is 0 Å². The Hall–Kier alpha value is -4.11. The van der Waals surface area contributed by atoms with Gasteiger partial charge < -0.3 is 24.6 Å². The molecular formula is C35H50N2O7. The lowest BCUT2D eigenvalue weighted by Gasteiger charge is -2.16. The smallest absolute Gasteiger partial charge is 0.411 e. The molecule has 0 saturated heterocycles. The molecule has 1 aromatic rings. The normalized spacial score (nSPS) is 12.5. The van der Waals surface area contributed by atoms with Crippen molar-refractivity contribution in [3.63, 3.8) is 0 Å². The number of hydrogen-bond donors (Lipinski definition) is 3. The van der Waals surface area contributed by atoms with Crippen LogP contribution in [0.5, 0.6) is 5.75 Å². The van der Waals surface area contributed by atoms with Gasteiger partial charge in [0.2, 0.25) is 5.91 Å². The van der Waals surface area contributed by atoms with Crippen LogP contribution < -0.4 is 10.6 Å². The lowest BCUT2D eigenvalue weighted by atomic mass is 10.2. The molecule has 0 aromatic heterocycles. The Labute approximate surface area is 262 Å². The van der Waals surface area contributed by atoms with Crippen LogP contribution in [0.1, 0.15) is 82.0 Å².